The van der Waals surface area contributed by atoms with E-state index in [1.54, 1.807) is 4.52 Å². The van der Waals surface area contributed by atoms with Gasteiger partial charge in [-0.3, -0.25) is 4.79 Å². The van der Waals surface area contributed by atoms with E-state index < -0.39 is 0 Å². The van der Waals surface area contributed by atoms with Crippen molar-refractivity contribution in [2.45, 2.75) is 46.1 Å². The number of benzene rings is 1. The number of hydrogen-bond acceptors (Lipinski definition) is 5. The molecule has 4 rings (SSSR count). The summed E-state index contributed by atoms with van der Waals surface area (Å²) in [6.07, 6.45) is 5.02. The fourth-order valence-electron chi connectivity index (χ4n) is 4.08. The van der Waals surface area contributed by atoms with E-state index in [1.807, 2.05) is 13.8 Å². The summed E-state index contributed by atoms with van der Waals surface area (Å²) in [6, 6.07) is 10.6. The van der Waals surface area contributed by atoms with Gasteiger partial charge in [0, 0.05) is 43.1 Å². The van der Waals surface area contributed by atoms with E-state index >= 15 is 0 Å². The van der Waals surface area contributed by atoms with Gasteiger partial charge in [0.05, 0.1) is 6.20 Å². The number of rotatable bonds is 6. The Morgan fingerprint density at radius 1 is 1.20 bits per heavy atom. The van der Waals surface area contributed by atoms with Crippen LogP contribution in [0.3, 0.4) is 0 Å². The lowest BCUT2D eigenvalue weighted by molar-refractivity contribution is -0.121. The van der Waals surface area contributed by atoms with E-state index in [9.17, 15) is 10.1 Å². The van der Waals surface area contributed by atoms with Crippen LogP contribution in [0.2, 0.25) is 0 Å². The molecule has 1 aliphatic rings. The van der Waals surface area contributed by atoms with Crippen LogP contribution in [0.25, 0.3) is 5.65 Å². The van der Waals surface area contributed by atoms with Crippen LogP contribution < -0.4 is 10.2 Å². The molecule has 0 spiro atoms. The second-order valence-corrected chi connectivity index (χ2v) is 7.80. The van der Waals surface area contributed by atoms with Gasteiger partial charge in [0.1, 0.15) is 11.6 Å². The number of carbonyl (C=O) groups excluding carboxylic acids is 1. The molecular formula is C23H26N6O. The first kappa shape index (κ1) is 19.9. The van der Waals surface area contributed by atoms with Gasteiger partial charge in [0.2, 0.25) is 5.91 Å². The summed E-state index contributed by atoms with van der Waals surface area (Å²) in [5, 5.41) is 16.4. The van der Waals surface area contributed by atoms with Crippen LogP contribution in [0, 0.1) is 25.2 Å². The third-order valence-corrected chi connectivity index (χ3v) is 5.83. The molecule has 7 nitrogen and oxygen atoms in total. The maximum Gasteiger partial charge on any atom is 0.220 e. The molecule has 1 N–H and O–H groups in total. The number of aromatic nitrogens is 3. The predicted octanol–water partition coefficient (Wildman–Crippen LogP) is 3.07. The van der Waals surface area contributed by atoms with Crippen molar-refractivity contribution in [3.63, 3.8) is 0 Å². The number of aryl methyl sites for hydroxylation is 2. The van der Waals surface area contributed by atoms with E-state index in [0.29, 0.717) is 30.6 Å². The monoisotopic (exact) mass is 402 g/mol. The SMILES string of the molecule is Cc1nc2c(C#N)cnn2c(C)c1CCC(=O)NCc1ccc(N2CCCC2)cc1. The molecule has 0 radical (unpaired) electrons. The van der Waals surface area contributed by atoms with Gasteiger partial charge < -0.3 is 10.2 Å². The van der Waals surface area contributed by atoms with Crippen LogP contribution in [0.15, 0.2) is 30.5 Å². The average Bonchev–Trinajstić information content (AvgIpc) is 3.42. The first-order valence-electron chi connectivity index (χ1n) is 10.4. The molecular weight excluding hydrogens is 376 g/mol. The minimum atomic E-state index is 0.00990. The summed E-state index contributed by atoms with van der Waals surface area (Å²) < 4.78 is 1.68. The van der Waals surface area contributed by atoms with Crippen LogP contribution >= 0.6 is 0 Å². The normalized spacial score (nSPS) is 13.6. The smallest absolute Gasteiger partial charge is 0.220 e. The van der Waals surface area contributed by atoms with Gasteiger partial charge in [-0.2, -0.15) is 10.4 Å². The number of nitriles is 1. The third kappa shape index (κ3) is 3.99. The highest BCUT2D eigenvalue weighted by Gasteiger charge is 2.15. The summed E-state index contributed by atoms with van der Waals surface area (Å²) in [7, 11) is 0. The molecule has 2 aromatic heterocycles. The molecule has 1 fully saturated rings. The molecule has 0 unspecified atom stereocenters. The molecule has 0 saturated carbocycles. The molecule has 1 amide bonds. The molecule has 7 heteroatoms. The quantitative estimate of drug-likeness (QED) is 0.685. The zero-order valence-corrected chi connectivity index (χ0v) is 17.5. The first-order chi connectivity index (χ1) is 14.6. The van der Waals surface area contributed by atoms with Gasteiger partial charge in [-0.25, -0.2) is 9.50 Å². The molecule has 1 aromatic carbocycles. The fourth-order valence-corrected chi connectivity index (χ4v) is 4.08. The number of amides is 1. The van der Waals surface area contributed by atoms with Gasteiger partial charge >= 0.3 is 0 Å². The van der Waals surface area contributed by atoms with Crippen molar-refractivity contribution in [2.24, 2.45) is 0 Å². The van der Waals surface area contributed by atoms with Gasteiger partial charge in [-0.15, -0.1) is 0 Å². The maximum atomic E-state index is 12.4. The van der Waals surface area contributed by atoms with Crippen molar-refractivity contribution in [2.75, 3.05) is 18.0 Å². The van der Waals surface area contributed by atoms with Gasteiger partial charge in [0.15, 0.2) is 5.65 Å². The van der Waals surface area contributed by atoms with E-state index in [4.69, 9.17) is 0 Å². The van der Waals surface area contributed by atoms with Crippen molar-refractivity contribution in [1.29, 1.82) is 5.26 Å². The molecule has 0 atom stereocenters. The molecule has 3 aromatic rings. The number of nitrogens with zero attached hydrogens (tertiary/aromatic N) is 5. The van der Waals surface area contributed by atoms with Gasteiger partial charge in [-0.1, -0.05) is 12.1 Å². The van der Waals surface area contributed by atoms with Crippen LogP contribution in [0.5, 0.6) is 0 Å². The lowest BCUT2D eigenvalue weighted by Gasteiger charge is -2.17. The number of hydrogen-bond donors (Lipinski definition) is 1. The minimum absolute atomic E-state index is 0.00990. The summed E-state index contributed by atoms with van der Waals surface area (Å²) in [4.78, 5) is 19.3. The molecule has 154 valence electrons. The van der Waals surface area contributed by atoms with E-state index in [0.717, 1.165) is 35.6 Å². The second kappa shape index (κ2) is 8.54. The zero-order valence-electron chi connectivity index (χ0n) is 17.5. The van der Waals surface area contributed by atoms with Crippen molar-refractivity contribution in [3.8, 4) is 6.07 Å². The zero-order chi connectivity index (χ0) is 21.1. The summed E-state index contributed by atoms with van der Waals surface area (Å²) in [5.41, 5.74) is 6.14. The fraction of sp³-hybridized carbons (Fsp3) is 0.391. The molecule has 3 heterocycles. The Morgan fingerprint density at radius 3 is 2.63 bits per heavy atom. The standard InChI is InChI=1S/C23H26N6O/c1-16-21(17(2)29-23(27-16)19(13-24)15-26-29)9-10-22(30)25-14-18-5-7-20(8-6-18)28-11-3-4-12-28/h5-8,15H,3-4,9-12,14H2,1-2H3,(H,25,30). The maximum absolute atomic E-state index is 12.4. The highest BCUT2D eigenvalue weighted by molar-refractivity contribution is 5.76. The Labute approximate surface area is 176 Å². The topological polar surface area (TPSA) is 86.3 Å². The van der Waals surface area contributed by atoms with Crippen molar-refractivity contribution < 1.29 is 4.79 Å². The largest absolute Gasteiger partial charge is 0.372 e. The van der Waals surface area contributed by atoms with Crippen molar-refractivity contribution in [3.05, 3.63) is 58.5 Å². The van der Waals surface area contributed by atoms with Crippen LogP contribution in [0.4, 0.5) is 5.69 Å². The Morgan fingerprint density at radius 2 is 1.93 bits per heavy atom. The number of nitrogens with one attached hydrogen (secondary N) is 1. The summed E-state index contributed by atoms with van der Waals surface area (Å²) in [6.45, 7) is 6.65. The molecule has 0 bridgehead atoms. The Kier molecular flexibility index (Phi) is 5.66. The summed E-state index contributed by atoms with van der Waals surface area (Å²) in [5.74, 6) is 0.00990. The highest BCUT2D eigenvalue weighted by atomic mass is 16.1. The number of anilines is 1. The van der Waals surface area contributed by atoms with Crippen LogP contribution in [0.1, 0.15) is 47.3 Å². The van der Waals surface area contributed by atoms with E-state index in [-0.39, 0.29) is 5.91 Å². The third-order valence-electron chi connectivity index (χ3n) is 5.83. The van der Waals surface area contributed by atoms with Crippen molar-refractivity contribution >= 4 is 17.2 Å². The Bertz CT molecular complexity index is 1100. The average molecular weight is 403 g/mol. The van der Waals surface area contributed by atoms with Gasteiger partial charge in [-0.05, 0) is 56.4 Å². The number of carbonyl (C=O) groups is 1. The van der Waals surface area contributed by atoms with E-state index in [2.05, 4.69) is 50.6 Å². The number of fused-ring (bicyclic) bond motifs is 1. The lowest BCUT2D eigenvalue weighted by atomic mass is 10.1. The lowest BCUT2D eigenvalue weighted by Crippen LogP contribution is -2.23. The second-order valence-electron chi connectivity index (χ2n) is 7.80. The summed E-state index contributed by atoms with van der Waals surface area (Å²) >= 11 is 0. The van der Waals surface area contributed by atoms with Crippen molar-refractivity contribution in [1.82, 2.24) is 19.9 Å². The molecule has 0 aliphatic carbocycles. The highest BCUT2D eigenvalue weighted by Crippen LogP contribution is 2.21. The van der Waals surface area contributed by atoms with E-state index in [1.165, 1.54) is 24.7 Å². The van der Waals surface area contributed by atoms with Crippen LogP contribution in [-0.2, 0) is 17.8 Å². The minimum Gasteiger partial charge on any atom is -0.372 e. The first-order valence-corrected chi connectivity index (χ1v) is 10.4. The van der Waals surface area contributed by atoms with Gasteiger partial charge in [0.25, 0.3) is 0 Å². The Hall–Kier alpha value is -3.40. The van der Waals surface area contributed by atoms with Crippen LogP contribution in [-0.4, -0.2) is 33.6 Å². The Balaban J connectivity index is 1.34. The molecule has 1 aliphatic heterocycles. The molecule has 1 saturated heterocycles. The predicted molar refractivity (Wildman–Crippen MR) is 115 cm³/mol. The molecule has 30 heavy (non-hydrogen) atoms.